The molecule has 1 saturated heterocycles. The van der Waals surface area contributed by atoms with Gasteiger partial charge in [-0.2, -0.15) is 5.10 Å². The second kappa shape index (κ2) is 7.30. The molecule has 1 amide bonds. The number of carbonyl (C=O) groups is 1. The molecule has 144 valence electrons. The average molecular weight is 379 g/mol. The van der Waals surface area contributed by atoms with Crippen LogP contribution in [0.5, 0.6) is 5.75 Å². The van der Waals surface area contributed by atoms with Crippen molar-refractivity contribution in [2.24, 2.45) is 7.05 Å². The van der Waals surface area contributed by atoms with Gasteiger partial charge in [0.1, 0.15) is 5.75 Å². The van der Waals surface area contributed by atoms with E-state index in [0.717, 1.165) is 11.4 Å². The summed E-state index contributed by atoms with van der Waals surface area (Å²) < 4.78 is 6.49. The smallest absolute Gasteiger partial charge is 0.275 e. The van der Waals surface area contributed by atoms with Crippen LogP contribution in [0.3, 0.4) is 0 Å². The van der Waals surface area contributed by atoms with Crippen LogP contribution in [-0.4, -0.2) is 58.9 Å². The normalized spacial score (nSPS) is 14.4. The quantitative estimate of drug-likeness (QED) is 0.682. The number of nitrogens with zero attached hydrogens (tertiary/aromatic N) is 5. The number of piperazine rings is 1. The van der Waals surface area contributed by atoms with Crippen LogP contribution >= 0.6 is 0 Å². The first kappa shape index (κ1) is 18.0. The molecule has 0 unspecified atom stereocenters. The van der Waals surface area contributed by atoms with Crippen LogP contribution < -0.4 is 15.2 Å². The molecular formula is C20H21N5O3. The van der Waals surface area contributed by atoms with Crippen LogP contribution in [0.1, 0.15) is 10.5 Å². The van der Waals surface area contributed by atoms with E-state index in [1.165, 1.54) is 10.9 Å². The first-order valence-electron chi connectivity index (χ1n) is 9.08. The van der Waals surface area contributed by atoms with Crippen molar-refractivity contribution in [3.8, 4) is 5.75 Å². The zero-order valence-electron chi connectivity index (χ0n) is 15.8. The van der Waals surface area contributed by atoms with Crippen LogP contribution in [0.2, 0.25) is 0 Å². The number of rotatable bonds is 3. The van der Waals surface area contributed by atoms with E-state index in [1.54, 1.807) is 31.3 Å². The molecule has 0 spiro atoms. The Morgan fingerprint density at radius 1 is 1.11 bits per heavy atom. The molecule has 2 aromatic heterocycles. The lowest BCUT2D eigenvalue weighted by Crippen LogP contribution is -2.49. The van der Waals surface area contributed by atoms with Crippen molar-refractivity contribution >= 4 is 22.4 Å². The van der Waals surface area contributed by atoms with Gasteiger partial charge in [-0.3, -0.25) is 14.6 Å². The molecule has 0 aliphatic carbocycles. The second-order valence-electron chi connectivity index (χ2n) is 6.68. The lowest BCUT2D eigenvalue weighted by molar-refractivity contribution is 0.0740. The summed E-state index contributed by atoms with van der Waals surface area (Å²) in [5.74, 6) is 0.641. The van der Waals surface area contributed by atoms with Gasteiger partial charge >= 0.3 is 0 Å². The molecule has 1 aromatic carbocycles. The summed E-state index contributed by atoms with van der Waals surface area (Å²) >= 11 is 0. The molecule has 1 aliphatic heterocycles. The number of benzene rings is 1. The van der Waals surface area contributed by atoms with Crippen LogP contribution in [-0.2, 0) is 7.05 Å². The highest BCUT2D eigenvalue weighted by molar-refractivity contribution is 6.04. The van der Waals surface area contributed by atoms with Crippen molar-refractivity contribution in [2.75, 3.05) is 38.2 Å². The van der Waals surface area contributed by atoms with Gasteiger partial charge in [0, 0.05) is 62.8 Å². The number of pyridine rings is 1. The number of amides is 1. The topological polar surface area (TPSA) is 80.6 Å². The fourth-order valence-electron chi connectivity index (χ4n) is 3.48. The van der Waals surface area contributed by atoms with E-state index in [4.69, 9.17) is 4.74 Å². The number of ether oxygens (including phenoxy) is 1. The lowest BCUT2D eigenvalue weighted by Gasteiger charge is -2.36. The number of carbonyl (C=O) groups excluding carboxylic acids is 1. The van der Waals surface area contributed by atoms with Gasteiger partial charge in [-0.05, 0) is 18.2 Å². The Morgan fingerprint density at radius 2 is 1.89 bits per heavy atom. The number of hydrogen-bond acceptors (Lipinski definition) is 6. The molecule has 3 aromatic rings. The van der Waals surface area contributed by atoms with Crippen molar-refractivity contribution in [2.45, 2.75) is 0 Å². The zero-order chi connectivity index (χ0) is 19.7. The third-order valence-corrected chi connectivity index (χ3v) is 5.04. The Kier molecular flexibility index (Phi) is 4.68. The number of methoxy groups -OCH3 is 1. The Bertz CT molecular complexity index is 1090. The van der Waals surface area contributed by atoms with E-state index in [0.29, 0.717) is 37.0 Å². The maximum Gasteiger partial charge on any atom is 0.275 e. The zero-order valence-corrected chi connectivity index (χ0v) is 15.8. The summed E-state index contributed by atoms with van der Waals surface area (Å²) in [5, 5.41) is 5.17. The minimum Gasteiger partial charge on any atom is -0.497 e. The van der Waals surface area contributed by atoms with Gasteiger partial charge in [0.25, 0.3) is 11.5 Å². The maximum absolute atomic E-state index is 13.1. The maximum atomic E-state index is 13.1. The minimum absolute atomic E-state index is 0.169. The van der Waals surface area contributed by atoms with Gasteiger partial charge in [-0.15, -0.1) is 0 Å². The minimum atomic E-state index is -0.262. The largest absolute Gasteiger partial charge is 0.497 e. The number of hydrogen-bond donors (Lipinski definition) is 0. The summed E-state index contributed by atoms with van der Waals surface area (Å²) in [6.45, 7) is 2.58. The fourth-order valence-corrected chi connectivity index (χ4v) is 3.48. The van der Waals surface area contributed by atoms with Gasteiger partial charge in [0.15, 0.2) is 5.69 Å². The molecular weight excluding hydrogens is 358 g/mol. The Balaban J connectivity index is 1.56. The molecule has 3 heterocycles. The molecule has 8 nitrogen and oxygen atoms in total. The molecule has 0 atom stereocenters. The Hall–Kier alpha value is -3.42. The molecule has 0 N–H and O–H groups in total. The molecule has 1 fully saturated rings. The van der Waals surface area contributed by atoms with Crippen LogP contribution in [0.4, 0.5) is 5.69 Å². The van der Waals surface area contributed by atoms with E-state index in [2.05, 4.69) is 15.0 Å². The van der Waals surface area contributed by atoms with Gasteiger partial charge in [0.2, 0.25) is 0 Å². The lowest BCUT2D eigenvalue weighted by atomic mass is 10.1. The van der Waals surface area contributed by atoms with E-state index in [-0.39, 0.29) is 17.2 Å². The summed E-state index contributed by atoms with van der Waals surface area (Å²) in [6.07, 6.45) is 3.05. The molecule has 28 heavy (non-hydrogen) atoms. The summed E-state index contributed by atoms with van der Waals surface area (Å²) in [4.78, 5) is 33.4. The average Bonchev–Trinajstić information content (AvgIpc) is 2.76. The monoisotopic (exact) mass is 379 g/mol. The molecule has 0 saturated carbocycles. The molecule has 8 heteroatoms. The molecule has 4 rings (SSSR count). The van der Waals surface area contributed by atoms with Crippen LogP contribution in [0.25, 0.3) is 10.8 Å². The van der Waals surface area contributed by atoms with E-state index >= 15 is 0 Å². The number of anilines is 1. The van der Waals surface area contributed by atoms with Gasteiger partial charge < -0.3 is 14.5 Å². The van der Waals surface area contributed by atoms with Gasteiger partial charge in [-0.1, -0.05) is 6.07 Å². The molecule has 0 bridgehead atoms. The SMILES string of the molecule is COc1cccc(N2CCN(C(=O)c3nn(C)c(=O)c4cnccc34)CC2)c1. The van der Waals surface area contributed by atoms with Crippen molar-refractivity contribution in [1.82, 2.24) is 19.7 Å². The third kappa shape index (κ3) is 3.17. The summed E-state index contributed by atoms with van der Waals surface area (Å²) in [5.41, 5.74) is 1.10. The predicted molar refractivity (Wildman–Crippen MR) is 106 cm³/mol. The van der Waals surface area contributed by atoms with Crippen LogP contribution in [0, 0.1) is 0 Å². The first-order valence-corrected chi connectivity index (χ1v) is 9.08. The molecule has 0 radical (unpaired) electrons. The Morgan fingerprint density at radius 3 is 2.64 bits per heavy atom. The van der Waals surface area contributed by atoms with Crippen LogP contribution in [0.15, 0.2) is 47.5 Å². The van der Waals surface area contributed by atoms with Gasteiger partial charge in [0.05, 0.1) is 12.5 Å². The standard InChI is InChI=1S/C20H21N5O3/c1-23-19(26)17-13-21-7-6-16(17)18(22-23)20(27)25-10-8-24(9-11-25)14-4-3-5-15(12-14)28-2/h3-7,12-13H,8-11H2,1-2H3. The summed E-state index contributed by atoms with van der Waals surface area (Å²) in [6, 6.07) is 9.57. The van der Waals surface area contributed by atoms with Crippen molar-refractivity contribution in [3.05, 3.63) is 58.8 Å². The van der Waals surface area contributed by atoms with E-state index < -0.39 is 0 Å². The first-order chi connectivity index (χ1) is 13.6. The third-order valence-electron chi connectivity index (χ3n) is 5.04. The highest BCUT2D eigenvalue weighted by Gasteiger charge is 2.25. The summed E-state index contributed by atoms with van der Waals surface area (Å²) in [7, 11) is 3.20. The van der Waals surface area contributed by atoms with Crippen molar-refractivity contribution in [3.63, 3.8) is 0 Å². The predicted octanol–water partition coefficient (Wildman–Crippen LogP) is 1.30. The van der Waals surface area contributed by atoms with E-state index in [1.807, 2.05) is 24.3 Å². The van der Waals surface area contributed by atoms with E-state index in [9.17, 15) is 9.59 Å². The number of fused-ring (bicyclic) bond motifs is 1. The number of aromatic nitrogens is 3. The Labute approximate surface area is 162 Å². The molecule has 1 aliphatic rings. The fraction of sp³-hybridized carbons (Fsp3) is 0.300. The second-order valence-corrected chi connectivity index (χ2v) is 6.68. The number of aryl methyl sites for hydroxylation is 1. The van der Waals surface area contributed by atoms with Gasteiger partial charge in [-0.25, -0.2) is 4.68 Å². The highest BCUT2D eigenvalue weighted by atomic mass is 16.5. The van der Waals surface area contributed by atoms with Crippen molar-refractivity contribution in [1.29, 1.82) is 0 Å². The van der Waals surface area contributed by atoms with Crippen molar-refractivity contribution < 1.29 is 9.53 Å². The highest BCUT2D eigenvalue weighted by Crippen LogP contribution is 2.23.